The standard InChI is InChI=1S/C14H16ClN3/c1-10-6-7-13(16)14(17-10)18(2)9-11-4-3-5-12(15)8-11/h3-8H,9,16H2,1-2H3. The molecule has 94 valence electrons. The van der Waals surface area contributed by atoms with Gasteiger partial charge in [-0.25, -0.2) is 4.98 Å². The van der Waals surface area contributed by atoms with Gasteiger partial charge in [0.05, 0.1) is 5.69 Å². The SMILES string of the molecule is Cc1ccc(N)c(N(C)Cc2cccc(Cl)c2)n1. The lowest BCUT2D eigenvalue weighted by Gasteiger charge is -2.20. The second-order valence-electron chi connectivity index (χ2n) is 4.35. The van der Waals surface area contributed by atoms with Crippen LogP contribution in [0, 0.1) is 6.92 Å². The lowest BCUT2D eigenvalue weighted by molar-refractivity contribution is 0.895. The van der Waals surface area contributed by atoms with Gasteiger partial charge in [-0.05, 0) is 36.8 Å². The maximum atomic E-state index is 5.97. The molecule has 4 heteroatoms. The van der Waals surface area contributed by atoms with Crippen LogP contribution < -0.4 is 10.6 Å². The van der Waals surface area contributed by atoms with E-state index in [-0.39, 0.29) is 0 Å². The summed E-state index contributed by atoms with van der Waals surface area (Å²) in [5.74, 6) is 0.801. The van der Waals surface area contributed by atoms with E-state index in [0.717, 1.165) is 28.6 Å². The van der Waals surface area contributed by atoms with Gasteiger partial charge >= 0.3 is 0 Å². The molecule has 1 aromatic carbocycles. The number of hydrogen-bond acceptors (Lipinski definition) is 3. The zero-order chi connectivity index (χ0) is 13.1. The highest BCUT2D eigenvalue weighted by Crippen LogP contribution is 2.21. The van der Waals surface area contributed by atoms with Gasteiger partial charge in [-0.1, -0.05) is 23.7 Å². The fourth-order valence-electron chi connectivity index (χ4n) is 1.84. The number of benzene rings is 1. The van der Waals surface area contributed by atoms with Gasteiger partial charge in [-0.3, -0.25) is 0 Å². The Morgan fingerprint density at radius 2 is 2.06 bits per heavy atom. The van der Waals surface area contributed by atoms with Crippen LogP contribution in [-0.2, 0) is 6.54 Å². The number of anilines is 2. The van der Waals surface area contributed by atoms with Gasteiger partial charge in [0.1, 0.15) is 0 Å². The molecular weight excluding hydrogens is 246 g/mol. The average Bonchev–Trinajstić information content (AvgIpc) is 2.32. The summed E-state index contributed by atoms with van der Waals surface area (Å²) >= 11 is 5.97. The highest BCUT2D eigenvalue weighted by molar-refractivity contribution is 6.30. The molecule has 0 unspecified atom stereocenters. The summed E-state index contributed by atoms with van der Waals surface area (Å²) in [6.07, 6.45) is 0. The Hall–Kier alpha value is -1.74. The Labute approximate surface area is 112 Å². The van der Waals surface area contributed by atoms with Crippen molar-refractivity contribution >= 4 is 23.1 Å². The molecule has 0 fully saturated rings. The second-order valence-corrected chi connectivity index (χ2v) is 4.79. The lowest BCUT2D eigenvalue weighted by Crippen LogP contribution is -2.19. The molecule has 2 N–H and O–H groups in total. The fraction of sp³-hybridized carbons (Fsp3) is 0.214. The van der Waals surface area contributed by atoms with Gasteiger partial charge in [0.25, 0.3) is 0 Å². The molecule has 18 heavy (non-hydrogen) atoms. The zero-order valence-corrected chi connectivity index (χ0v) is 11.3. The van der Waals surface area contributed by atoms with Crippen LogP contribution in [0.1, 0.15) is 11.3 Å². The van der Waals surface area contributed by atoms with Crippen molar-refractivity contribution in [2.75, 3.05) is 17.7 Å². The highest BCUT2D eigenvalue weighted by atomic mass is 35.5. The molecule has 0 aliphatic carbocycles. The first-order valence-corrected chi connectivity index (χ1v) is 6.13. The van der Waals surface area contributed by atoms with Crippen molar-refractivity contribution in [1.82, 2.24) is 4.98 Å². The van der Waals surface area contributed by atoms with Crippen LogP contribution in [0.4, 0.5) is 11.5 Å². The van der Waals surface area contributed by atoms with Crippen LogP contribution in [-0.4, -0.2) is 12.0 Å². The first kappa shape index (κ1) is 12.7. The number of nitrogen functional groups attached to an aromatic ring is 1. The number of pyridine rings is 1. The molecule has 0 saturated heterocycles. The van der Waals surface area contributed by atoms with Crippen molar-refractivity contribution in [1.29, 1.82) is 0 Å². The molecule has 2 aromatic rings. The van der Waals surface area contributed by atoms with Gasteiger partial charge in [-0.2, -0.15) is 0 Å². The molecule has 0 radical (unpaired) electrons. The van der Waals surface area contributed by atoms with E-state index in [1.165, 1.54) is 0 Å². The van der Waals surface area contributed by atoms with Gasteiger partial charge < -0.3 is 10.6 Å². The molecule has 0 amide bonds. The third-order valence-corrected chi connectivity index (χ3v) is 2.95. The highest BCUT2D eigenvalue weighted by Gasteiger charge is 2.08. The smallest absolute Gasteiger partial charge is 0.152 e. The van der Waals surface area contributed by atoms with Gasteiger partial charge in [0.15, 0.2) is 5.82 Å². The molecule has 0 aliphatic heterocycles. The minimum atomic E-state index is 0.685. The van der Waals surface area contributed by atoms with E-state index in [1.54, 1.807) is 0 Å². The Morgan fingerprint density at radius 3 is 2.78 bits per heavy atom. The summed E-state index contributed by atoms with van der Waals surface area (Å²) in [5.41, 5.74) is 8.72. The zero-order valence-electron chi connectivity index (χ0n) is 10.5. The summed E-state index contributed by atoms with van der Waals surface area (Å²) in [6, 6.07) is 11.6. The minimum absolute atomic E-state index is 0.685. The van der Waals surface area contributed by atoms with Crippen LogP contribution in [0.3, 0.4) is 0 Å². The van der Waals surface area contributed by atoms with Crippen LogP contribution >= 0.6 is 11.6 Å². The van der Waals surface area contributed by atoms with E-state index in [0.29, 0.717) is 5.69 Å². The number of halogens is 1. The van der Waals surface area contributed by atoms with Gasteiger partial charge in [0, 0.05) is 24.3 Å². The van der Waals surface area contributed by atoms with E-state index in [9.17, 15) is 0 Å². The van der Waals surface area contributed by atoms with Gasteiger partial charge in [0.2, 0.25) is 0 Å². The number of nitrogens with zero attached hydrogens (tertiary/aromatic N) is 2. The van der Waals surface area contributed by atoms with E-state index < -0.39 is 0 Å². The van der Waals surface area contributed by atoms with E-state index in [1.807, 2.05) is 55.3 Å². The maximum Gasteiger partial charge on any atom is 0.152 e. The predicted molar refractivity (Wildman–Crippen MR) is 76.9 cm³/mol. The molecule has 0 saturated carbocycles. The molecule has 0 bridgehead atoms. The lowest BCUT2D eigenvalue weighted by atomic mass is 10.2. The number of nitrogens with two attached hydrogens (primary N) is 1. The third kappa shape index (κ3) is 2.93. The molecular formula is C14H16ClN3. The van der Waals surface area contributed by atoms with E-state index >= 15 is 0 Å². The summed E-state index contributed by atoms with van der Waals surface area (Å²) in [5, 5.41) is 0.742. The Bertz CT molecular complexity index is 554. The van der Waals surface area contributed by atoms with Crippen molar-refractivity contribution in [3.05, 3.63) is 52.7 Å². The van der Waals surface area contributed by atoms with Gasteiger partial charge in [-0.15, -0.1) is 0 Å². The van der Waals surface area contributed by atoms with Crippen molar-refractivity contribution in [3.63, 3.8) is 0 Å². The van der Waals surface area contributed by atoms with Crippen molar-refractivity contribution < 1.29 is 0 Å². The Balaban J connectivity index is 2.21. The Morgan fingerprint density at radius 1 is 1.28 bits per heavy atom. The molecule has 1 heterocycles. The maximum absolute atomic E-state index is 5.97. The minimum Gasteiger partial charge on any atom is -0.396 e. The largest absolute Gasteiger partial charge is 0.396 e. The van der Waals surface area contributed by atoms with Crippen LogP contribution in [0.25, 0.3) is 0 Å². The van der Waals surface area contributed by atoms with Crippen LogP contribution in [0.15, 0.2) is 36.4 Å². The number of aromatic nitrogens is 1. The molecule has 0 spiro atoms. The molecule has 1 aromatic heterocycles. The number of rotatable bonds is 3. The quantitative estimate of drug-likeness (QED) is 0.922. The third-order valence-electron chi connectivity index (χ3n) is 2.71. The fourth-order valence-corrected chi connectivity index (χ4v) is 2.06. The normalized spacial score (nSPS) is 10.4. The van der Waals surface area contributed by atoms with Crippen molar-refractivity contribution in [3.8, 4) is 0 Å². The topological polar surface area (TPSA) is 42.1 Å². The first-order valence-electron chi connectivity index (χ1n) is 5.75. The van der Waals surface area contributed by atoms with Crippen LogP contribution in [0.2, 0.25) is 5.02 Å². The summed E-state index contributed by atoms with van der Waals surface area (Å²) < 4.78 is 0. The second kappa shape index (κ2) is 5.27. The first-order chi connectivity index (χ1) is 8.56. The Kier molecular flexibility index (Phi) is 3.72. The molecule has 0 atom stereocenters. The molecule has 3 nitrogen and oxygen atoms in total. The predicted octanol–water partition coefficient (Wildman–Crippen LogP) is 3.26. The number of aryl methyl sites for hydroxylation is 1. The summed E-state index contributed by atoms with van der Waals surface area (Å²) in [6.45, 7) is 2.68. The van der Waals surface area contributed by atoms with Crippen molar-refractivity contribution in [2.45, 2.75) is 13.5 Å². The molecule has 2 rings (SSSR count). The van der Waals surface area contributed by atoms with Crippen molar-refractivity contribution in [2.24, 2.45) is 0 Å². The number of hydrogen-bond donors (Lipinski definition) is 1. The molecule has 0 aliphatic rings. The monoisotopic (exact) mass is 261 g/mol. The van der Waals surface area contributed by atoms with E-state index in [2.05, 4.69) is 4.98 Å². The summed E-state index contributed by atoms with van der Waals surface area (Å²) in [4.78, 5) is 6.48. The summed E-state index contributed by atoms with van der Waals surface area (Å²) in [7, 11) is 1.97. The van der Waals surface area contributed by atoms with E-state index in [4.69, 9.17) is 17.3 Å². The average molecular weight is 262 g/mol. The van der Waals surface area contributed by atoms with Crippen LogP contribution in [0.5, 0.6) is 0 Å².